The maximum Gasteiger partial charge on any atom is 0.231 e. The summed E-state index contributed by atoms with van der Waals surface area (Å²) in [5.74, 6) is 0.162. The molecule has 0 radical (unpaired) electrons. The van der Waals surface area contributed by atoms with E-state index in [9.17, 15) is 15.0 Å². The summed E-state index contributed by atoms with van der Waals surface area (Å²) in [6, 6.07) is 5.14. The highest BCUT2D eigenvalue weighted by Gasteiger charge is 2.49. The highest BCUT2D eigenvalue weighted by atomic mass is 16.5. The van der Waals surface area contributed by atoms with Gasteiger partial charge in [0.05, 0.1) is 19.3 Å². The van der Waals surface area contributed by atoms with Crippen molar-refractivity contribution in [1.82, 2.24) is 4.90 Å². The lowest BCUT2D eigenvalue weighted by atomic mass is 9.66. The van der Waals surface area contributed by atoms with Crippen LogP contribution in [0.15, 0.2) is 18.2 Å². The number of nitrogens with zero attached hydrogens (tertiary/aromatic N) is 1. The average Bonchev–Trinajstić information content (AvgIpc) is 2.55. The molecular formula is C18H26N2O4. The number of likely N-dealkylation sites (tertiary alicyclic amines) is 1. The van der Waals surface area contributed by atoms with Crippen LogP contribution >= 0.6 is 0 Å². The Bertz CT molecular complexity index is 621. The van der Waals surface area contributed by atoms with Crippen LogP contribution in [-0.4, -0.2) is 46.8 Å². The van der Waals surface area contributed by atoms with Crippen LogP contribution < -0.4 is 10.5 Å². The first kappa shape index (κ1) is 17.0. The van der Waals surface area contributed by atoms with Gasteiger partial charge in [0.1, 0.15) is 0 Å². The molecule has 1 heterocycles. The first-order valence-electron chi connectivity index (χ1n) is 8.56. The van der Waals surface area contributed by atoms with Crippen molar-refractivity contribution in [2.24, 2.45) is 11.7 Å². The van der Waals surface area contributed by atoms with E-state index in [1.165, 1.54) is 7.11 Å². The van der Waals surface area contributed by atoms with Crippen molar-refractivity contribution >= 4 is 5.91 Å². The van der Waals surface area contributed by atoms with Gasteiger partial charge in [-0.15, -0.1) is 0 Å². The van der Waals surface area contributed by atoms with Gasteiger partial charge in [0, 0.05) is 18.5 Å². The molecule has 2 aliphatic rings. The third-order valence-electron chi connectivity index (χ3n) is 5.58. The van der Waals surface area contributed by atoms with Crippen molar-refractivity contribution in [3.8, 4) is 11.5 Å². The largest absolute Gasteiger partial charge is 0.504 e. The minimum atomic E-state index is -0.692. The topological polar surface area (TPSA) is 96.0 Å². The second-order valence-electron chi connectivity index (χ2n) is 7.02. The van der Waals surface area contributed by atoms with Crippen molar-refractivity contribution in [3.63, 3.8) is 0 Å². The van der Waals surface area contributed by atoms with Crippen LogP contribution in [0.25, 0.3) is 0 Å². The summed E-state index contributed by atoms with van der Waals surface area (Å²) in [5.41, 5.74) is 5.69. The van der Waals surface area contributed by atoms with Crippen LogP contribution in [0, 0.1) is 5.92 Å². The molecule has 2 fully saturated rings. The number of amides is 1. The van der Waals surface area contributed by atoms with Crippen LogP contribution in [0.2, 0.25) is 0 Å². The number of hydrogen-bond donors (Lipinski definition) is 3. The van der Waals surface area contributed by atoms with Gasteiger partial charge in [0.15, 0.2) is 11.5 Å². The van der Waals surface area contributed by atoms with Gasteiger partial charge in [0.2, 0.25) is 5.91 Å². The number of carbonyl (C=O) groups excluding carboxylic acids is 1. The maximum atomic E-state index is 11.5. The molecule has 1 aromatic rings. The smallest absolute Gasteiger partial charge is 0.231 e. The lowest BCUT2D eigenvalue weighted by Crippen LogP contribution is -2.56. The molecule has 0 unspecified atom stereocenters. The first-order chi connectivity index (χ1) is 11.4. The molecule has 4 N–H and O–H groups in total. The van der Waals surface area contributed by atoms with E-state index in [2.05, 4.69) is 4.90 Å². The number of aliphatic hydroxyl groups is 1. The quantitative estimate of drug-likeness (QED) is 0.776. The number of piperidine rings is 1. The Morgan fingerprint density at radius 3 is 2.92 bits per heavy atom. The molecule has 1 aliphatic carbocycles. The lowest BCUT2D eigenvalue weighted by Gasteiger charge is -2.52. The van der Waals surface area contributed by atoms with Gasteiger partial charge in [-0.05, 0) is 37.0 Å². The Morgan fingerprint density at radius 1 is 1.42 bits per heavy atom. The Labute approximate surface area is 142 Å². The number of nitrogens with two attached hydrogens (primary N) is 1. The molecule has 1 saturated carbocycles. The van der Waals surface area contributed by atoms with Crippen molar-refractivity contribution in [2.45, 2.75) is 43.7 Å². The number of ether oxygens (including phenoxy) is 1. The molecule has 6 heteroatoms. The number of carbonyl (C=O) groups is 1. The van der Waals surface area contributed by atoms with E-state index < -0.39 is 5.60 Å². The SMILES string of the molecule is COc1cc([C@H]2[C@H]3CCCC[C@@]3(O)CCN2CC(N)=O)ccc1O. The molecule has 6 nitrogen and oxygen atoms in total. The number of fused-ring (bicyclic) bond motifs is 1. The Hall–Kier alpha value is -1.79. The van der Waals surface area contributed by atoms with Crippen molar-refractivity contribution in [3.05, 3.63) is 23.8 Å². The van der Waals surface area contributed by atoms with E-state index >= 15 is 0 Å². The van der Waals surface area contributed by atoms with Crippen molar-refractivity contribution < 1.29 is 19.7 Å². The Balaban J connectivity index is 2.00. The van der Waals surface area contributed by atoms with Crippen molar-refractivity contribution in [2.75, 3.05) is 20.2 Å². The highest BCUT2D eigenvalue weighted by Crippen LogP contribution is 2.49. The van der Waals surface area contributed by atoms with Crippen LogP contribution in [0.4, 0.5) is 0 Å². The van der Waals surface area contributed by atoms with Gasteiger partial charge in [0.25, 0.3) is 0 Å². The van der Waals surface area contributed by atoms with E-state index in [0.29, 0.717) is 18.7 Å². The molecular weight excluding hydrogens is 308 g/mol. The third-order valence-corrected chi connectivity index (χ3v) is 5.58. The number of benzene rings is 1. The predicted molar refractivity (Wildman–Crippen MR) is 89.7 cm³/mol. The second-order valence-corrected chi connectivity index (χ2v) is 7.02. The zero-order valence-corrected chi connectivity index (χ0v) is 14.1. The normalized spacial score (nSPS) is 30.6. The fourth-order valence-corrected chi connectivity index (χ4v) is 4.44. The summed E-state index contributed by atoms with van der Waals surface area (Å²) in [6.45, 7) is 0.796. The second kappa shape index (κ2) is 6.61. The number of aromatic hydroxyl groups is 1. The zero-order chi connectivity index (χ0) is 17.3. The predicted octanol–water partition coefficient (Wildman–Crippen LogP) is 1.55. The number of hydrogen-bond acceptors (Lipinski definition) is 5. The fraction of sp³-hybridized carbons (Fsp3) is 0.611. The van der Waals surface area contributed by atoms with Crippen LogP contribution in [-0.2, 0) is 4.79 Å². The summed E-state index contributed by atoms with van der Waals surface area (Å²) in [5, 5.41) is 21.0. The molecule has 3 atom stereocenters. The van der Waals surface area contributed by atoms with Gasteiger partial charge < -0.3 is 20.7 Å². The van der Waals surface area contributed by atoms with Gasteiger partial charge >= 0.3 is 0 Å². The monoisotopic (exact) mass is 334 g/mol. The van der Waals surface area contributed by atoms with Gasteiger partial charge in [-0.2, -0.15) is 0 Å². The molecule has 1 saturated heterocycles. The third kappa shape index (κ3) is 3.08. The number of phenolic OH excluding ortho intramolecular Hbond substituents is 1. The number of methoxy groups -OCH3 is 1. The Morgan fingerprint density at radius 2 is 2.21 bits per heavy atom. The average molecular weight is 334 g/mol. The van der Waals surface area contributed by atoms with Gasteiger partial charge in [-0.25, -0.2) is 0 Å². The summed E-state index contributed by atoms with van der Waals surface area (Å²) in [6.07, 6.45) is 4.49. The first-order valence-corrected chi connectivity index (χ1v) is 8.56. The van der Waals surface area contributed by atoms with Gasteiger partial charge in [-0.3, -0.25) is 9.69 Å². The molecule has 1 aromatic carbocycles. The molecule has 3 rings (SSSR count). The van der Waals surface area contributed by atoms with E-state index in [1.807, 2.05) is 6.07 Å². The van der Waals surface area contributed by atoms with E-state index in [4.69, 9.17) is 10.5 Å². The minimum absolute atomic E-state index is 0.0496. The number of rotatable bonds is 4. The molecule has 0 aromatic heterocycles. The summed E-state index contributed by atoms with van der Waals surface area (Å²) in [4.78, 5) is 13.6. The molecule has 1 amide bonds. The lowest BCUT2D eigenvalue weighted by molar-refractivity contribution is -0.136. The standard InChI is InChI=1S/C18H26N2O4/c1-24-15-10-12(5-6-14(15)21)17-13-4-2-3-7-18(13,23)8-9-20(17)11-16(19)22/h5-6,10,13,17,21,23H,2-4,7-9,11H2,1H3,(H2,19,22)/t13-,17+,18-/m1/s1. The van der Waals surface area contributed by atoms with E-state index in [1.54, 1.807) is 12.1 Å². The maximum absolute atomic E-state index is 11.5. The minimum Gasteiger partial charge on any atom is -0.504 e. The molecule has 24 heavy (non-hydrogen) atoms. The van der Waals surface area contributed by atoms with E-state index in [-0.39, 0.29) is 30.2 Å². The van der Waals surface area contributed by atoms with Crippen molar-refractivity contribution in [1.29, 1.82) is 0 Å². The van der Waals surface area contributed by atoms with Crippen LogP contribution in [0.1, 0.15) is 43.7 Å². The van der Waals surface area contributed by atoms with Crippen LogP contribution in [0.3, 0.4) is 0 Å². The molecule has 0 bridgehead atoms. The highest BCUT2D eigenvalue weighted by molar-refractivity contribution is 5.76. The number of primary amides is 1. The fourth-order valence-electron chi connectivity index (χ4n) is 4.44. The molecule has 1 aliphatic heterocycles. The van der Waals surface area contributed by atoms with E-state index in [0.717, 1.165) is 31.2 Å². The summed E-state index contributed by atoms with van der Waals surface area (Å²) >= 11 is 0. The van der Waals surface area contributed by atoms with Crippen LogP contribution in [0.5, 0.6) is 11.5 Å². The Kier molecular flexibility index (Phi) is 4.69. The summed E-state index contributed by atoms with van der Waals surface area (Å²) < 4.78 is 5.23. The number of phenols is 1. The summed E-state index contributed by atoms with van der Waals surface area (Å²) in [7, 11) is 1.51. The molecule has 0 spiro atoms. The zero-order valence-electron chi connectivity index (χ0n) is 14.1. The van der Waals surface area contributed by atoms with Gasteiger partial charge in [-0.1, -0.05) is 18.9 Å². The molecule has 132 valence electrons.